The molecule has 1 amide bonds. The van der Waals surface area contributed by atoms with E-state index in [9.17, 15) is 35.2 Å². The number of carbonyl (C=O) groups excluding carboxylic acids is 1. The fourth-order valence-corrected chi connectivity index (χ4v) is 3.38. The summed E-state index contributed by atoms with van der Waals surface area (Å²) in [6.45, 7) is 0.207. The van der Waals surface area contributed by atoms with Gasteiger partial charge in [-0.25, -0.2) is 8.78 Å². The average molecular weight is 420 g/mol. The summed E-state index contributed by atoms with van der Waals surface area (Å²) in [5.74, 6) is -2.58. The molecule has 11 heteroatoms. The first-order valence-electron chi connectivity index (χ1n) is 7.94. The molecule has 1 aliphatic rings. The number of alkyl halides is 3. The lowest BCUT2D eigenvalue weighted by Crippen LogP contribution is -2.37. The molecule has 0 atom stereocenters. The number of hydrogen-bond donors (Lipinski definition) is 1. The van der Waals surface area contributed by atoms with Crippen LogP contribution in [0.5, 0.6) is 0 Å². The van der Waals surface area contributed by atoms with Gasteiger partial charge in [0.2, 0.25) is 0 Å². The number of halogens is 5. The third-order valence-electron chi connectivity index (χ3n) is 4.23. The highest BCUT2D eigenvalue weighted by Gasteiger charge is 2.46. The predicted octanol–water partition coefficient (Wildman–Crippen LogP) is 3.42. The van der Waals surface area contributed by atoms with Gasteiger partial charge in [-0.15, -0.1) is 0 Å². The number of hydrogen-bond acceptors (Lipinski definition) is 3. The molecule has 1 heterocycles. The number of benzene rings is 2. The Labute approximate surface area is 156 Å². The van der Waals surface area contributed by atoms with Crippen molar-refractivity contribution in [3.05, 3.63) is 64.7 Å². The molecule has 3 rings (SSSR count). The summed E-state index contributed by atoms with van der Waals surface area (Å²) in [7, 11) is -5.52. The maximum absolute atomic E-state index is 13.8. The summed E-state index contributed by atoms with van der Waals surface area (Å²) in [6.07, 6.45) is 0.119. The van der Waals surface area contributed by atoms with E-state index >= 15 is 0 Å². The van der Waals surface area contributed by atoms with Crippen molar-refractivity contribution in [3.8, 4) is 0 Å². The fourth-order valence-electron chi connectivity index (χ4n) is 2.82. The Morgan fingerprint density at radius 3 is 2.29 bits per heavy atom. The molecular formula is C17H13F5N2O3S. The van der Waals surface area contributed by atoms with Gasteiger partial charge in [0.1, 0.15) is 0 Å². The van der Waals surface area contributed by atoms with E-state index in [0.717, 1.165) is 18.2 Å². The molecule has 1 N–H and O–H groups in total. The first-order valence-corrected chi connectivity index (χ1v) is 9.42. The third kappa shape index (κ3) is 3.79. The summed E-state index contributed by atoms with van der Waals surface area (Å²) < 4.78 is 87.8. The van der Waals surface area contributed by atoms with Gasteiger partial charge in [0.25, 0.3) is 5.91 Å². The van der Waals surface area contributed by atoms with Gasteiger partial charge in [0.05, 0.1) is 0 Å². The second-order valence-electron chi connectivity index (χ2n) is 6.11. The highest BCUT2D eigenvalue weighted by atomic mass is 32.2. The molecule has 0 saturated carbocycles. The highest BCUT2D eigenvalue weighted by molar-refractivity contribution is 7.93. The minimum absolute atomic E-state index is 0.0122. The number of carbonyl (C=O) groups is 1. The van der Waals surface area contributed by atoms with Crippen LogP contribution in [0.25, 0.3) is 0 Å². The number of nitrogens with zero attached hydrogens (tertiary/aromatic N) is 1. The van der Waals surface area contributed by atoms with Crippen molar-refractivity contribution in [1.82, 2.24) is 4.90 Å². The zero-order chi connectivity index (χ0) is 20.7. The molecule has 0 aliphatic carbocycles. The van der Waals surface area contributed by atoms with E-state index in [2.05, 4.69) is 0 Å². The molecule has 28 heavy (non-hydrogen) atoms. The molecule has 2 aromatic carbocycles. The molecule has 0 saturated heterocycles. The van der Waals surface area contributed by atoms with Crippen molar-refractivity contribution in [3.63, 3.8) is 0 Å². The number of nitrogens with one attached hydrogen (secondary N) is 1. The normalized spacial score (nSPS) is 14.8. The van der Waals surface area contributed by atoms with Crippen molar-refractivity contribution in [1.29, 1.82) is 0 Å². The maximum atomic E-state index is 13.8. The Morgan fingerprint density at radius 1 is 1.04 bits per heavy atom. The summed E-state index contributed by atoms with van der Waals surface area (Å²) >= 11 is 0. The average Bonchev–Trinajstić information content (AvgIpc) is 2.61. The molecule has 0 bridgehead atoms. The molecule has 5 nitrogen and oxygen atoms in total. The Kier molecular flexibility index (Phi) is 5.04. The Morgan fingerprint density at radius 2 is 1.68 bits per heavy atom. The van der Waals surface area contributed by atoms with E-state index in [1.165, 1.54) is 27.8 Å². The number of fused-ring (bicyclic) bond motifs is 1. The van der Waals surface area contributed by atoms with E-state index < -0.39 is 33.1 Å². The topological polar surface area (TPSA) is 66.5 Å². The molecule has 0 fully saturated rings. The van der Waals surface area contributed by atoms with Crippen LogP contribution in [-0.4, -0.2) is 31.3 Å². The van der Waals surface area contributed by atoms with E-state index in [4.69, 9.17) is 0 Å². The van der Waals surface area contributed by atoms with Crippen LogP contribution in [0.3, 0.4) is 0 Å². The Bertz CT molecular complexity index is 1020. The van der Waals surface area contributed by atoms with Crippen LogP contribution in [0.15, 0.2) is 36.4 Å². The van der Waals surface area contributed by atoms with Gasteiger partial charge < -0.3 is 4.90 Å². The van der Waals surface area contributed by atoms with Gasteiger partial charge >= 0.3 is 15.5 Å². The van der Waals surface area contributed by atoms with Crippen molar-refractivity contribution < 1.29 is 35.2 Å². The summed E-state index contributed by atoms with van der Waals surface area (Å²) in [5.41, 5.74) is -5.13. The van der Waals surface area contributed by atoms with Crippen LogP contribution in [-0.2, 0) is 23.0 Å². The second-order valence-corrected chi connectivity index (χ2v) is 7.79. The predicted molar refractivity (Wildman–Crippen MR) is 89.8 cm³/mol. The quantitative estimate of drug-likeness (QED) is 0.771. The maximum Gasteiger partial charge on any atom is 0.516 e. The van der Waals surface area contributed by atoms with Gasteiger partial charge in [-0.05, 0) is 36.2 Å². The molecule has 0 radical (unpaired) electrons. The minimum atomic E-state index is -5.52. The van der Waals surface area contributed by atoms with E-state index in [0.29, 0.717) is 5.56 Å². The Hall–Kier alpha value is -2.69. The van der Waals surface area contributed by atoms with E-state index in [-0.39, 0.29) is 36.3 Å². The minimum Gasteiger partial charge on any atom is -0.334 e. The monoisotopic (exact) mass is 420 g/mol. The lowest BCUT2D eigenvalue weighted by Gasteiger charge is -2.29. The van der Waals surface area contributed by atoms with Crippen molar-refractivity contribution in [2.45, 2.75) is 18.5 Å². The first kappa shape index (κ1) is 20.1. The van der Waals surface area contributed by atoms with Gasteiger partial charge in [0.15, 0.2) is 11.6 Å². The molecular weight excluding hydrogens is 407 g/mol. The van der Waals surface area contributed by atoms with Crippen LogP contribution < -0.4 is 4.72 Å². The van der Waals surface area contributed by atoms with Crippen LogP contribution >= 0.6 is 0 Å². The van der Waals surface area contributed by atoms with Gasteiger partial charge in [0, 0.05) is 29.9 Å². The lowest BCUT2D eigenvalue weighted by atomic mass is 9.97. The smallest absolute Gasteiger partial charge is 0.334 e. The Balaban J connectivity index is 1.73. The van der Waals surface area contributed by atoms with Crippen LogP contribution in [0, 0.1) is 11.6 Å². The fraction of sp³-hybridized carbons (Fsp3) is 0.235. The van der Waals surface area contributed by atoms with Crippen molar-refractivity contribution in [2.75, 3.05) is 11.3 Å². The third-order valence-corrected chi connectivity index (χ3v) is 5.34. The van der Waals surface area contributed by atoms with Gasteiger partial charge in [-0.2, -0.15) is 21.6 Å². The van der Waals surface area contributed by atoms with Crippen LogP contribution in [0.2, 0.25) is 0 Å². The van der Waals surface area contributed by atoms with Gasteiger partial charge in [-0.3, -0.25) is 9.52 Å². The molecule has 0 aromatic heterocycles. The largest absolute Gasteiger partial charge is 0.516 e. The highest BCUT2D eigenvalue weighted by Crippen LogP contribution is 2.27. The molecule has 1 aliphatic heterocycles. The number of rotatable bonds is 4. The SMILES string of the molecule is O=C1c2ccc(F)c(F)c2CCN1Cc1ccc(NS(=O)(=O)C(F)(F)F)cc1. The molecule has 150 valence electrons. The summed E-state index contributed by atoms with van der Waals surface area (Å²) in [6, 6.07) is 7.07. The summed E-state index contributed by atoms with van der Waals surface area (Å²) in [4.78, 5) is 13.9. The summed E-state index contributed by atoms with van der Waals surface area (Å²) in [5, 5.41) is 0. The van der Waals surface area contributed by atoms with Crippen molar-refractivity contribution in [2.24, 2.45) is 0 Å². The number of amides is 1. The zero-order valence-corrected chi connectivity index (χ0v) is 14.9. The molecule has 2 aromatic rings. The van der Waals surface area contributed by atoms with E-state index in [1.807, 2.05) is 0 Å². The lowest BCUT2D eigenvalue weighted by molar-refractivity contribution is -0.0429. The number of anilines is 1. The van der Waals surface area contributed by atoms with Gasteiger partial charge in [-0.1, -0.05) is 12.1 Å². The zero-order valence-electron chi connectivity index (χ0n) is 14.1. The van der Waals surface area contributed by atoms with Crippen LogP contribution in [0.4, 0.5) is 27.6 Å². The standard InChI is InChI=1S/C17H13F5N2O3S/c18-14-6-5-13-12(15(14)19)7-8-24(16(13)25)9-10-1-3-11(4-2-10)23-28(26,27)17(20,21)22/h1-6,23H,7-9H2. The van der Waals surface area contributed by atoms with E-state index in [1.54, 1.807) is 0 Å². The molecule has 0 unspecified atom stereocenters. The van der Waals surface area contributed by atoms with Crippen molar-refractivity contribution >= 4 is 21.6 Å². The first-order chi connectivity index (χ1) is 13.0. The number of sulfonamides is 1. The molecule has 0 spiro atoms. The van der Waals surface area contributed by atoms with Crippen LogP contribution in [0.1, 0.15) is 21.5 Å². The second kappa shape index (κ2) is 7.04.